The van der Waals surface area contributed by atoms with E-state index in [1.54, 1.807) is 0 Å². The van der Waals surface area contributed by atoms with Gasteiger partial charge in [0.05, 0.1) is 13.2 Å². The van der Waals surface area contributed by atoms with E-state index in [-0.39, 0.29) is 0 Å². The van der Waals surface area contributed by atoms with Crippen molar-refractivity contribution in [3.8, 4) is 11.5 Å². The topological polar surface area (TPSA) is 39.7 Å². The van der Waals surface area contributed by atoms with Gasteiger partial charge in [-0.05, 0) is 43.7 Å². The fraction of sp³-hybridized carbons (Fsp3) is 0.500. The van der Waals surface area contributed by atoms with Gasteiger partial charge in [-0.3, -0.25) is 0 Å². The van der Waals surface area contributed by atoms with Crippen LogP contribution < -0.4 is 14.8 Å². The standard InChI is InChI=1S/C24H35NO3/c1-3-5-6-7-10-17-27-23-15-13-22(14-16-23)25-20-21-11-8-9-12-24(21)28-19-18-26-4-2/h8-9,11-16,25H,3-7,10,17-20H2,1-2H3. The molecule has 154 valence electrons. The Kier molecular flexibility index (Phi) is 11.0. The highest BCUT2D eigenvalue weighted by Gasteiger charge is 2.03. The Bertz CT molecular complexity index is 643. The molecular formula is C24H35NO3. The van der Waals surface area contributed by atoms with Crippen LogP contribution in [0.3, 0.4) is 0 Å². The molecule has 0 aliphatic carbocycles. The Labute approximate surface area is 170 Å². The smallest absolute Gasteiger partial charge is 0.124 e. The highest BCUT2D eigenvalue weighted by Crippen LogP contribution is 2.21. The second kappa shape index (κ2) is 13.9. The molecule has 0 aliphatic heterocycles. The first-order valence-corrected chi connectivity index (χ1v) is 10.6. The van der Waals surface area contributed by atoms with E-state index in [0.29, 0.717) is 26.4 Å². The highest BCUT2D eigenvalue weighted by molar-refractivity contribution is 5.47. The molecule has 2 aromatic carbocycles. The second-order valence-corrected chi connectivity index (χ2v) is 6.79. The fourth-order valence-corrected chi connectivity index (χ4v) is 2.91. The summed E-state index contributed by atoms with van der Waals surface area (Å²) in [5.74, 6) is 1.83. The maximum absolute atomic E-state index is 5.84. The SMILES string of the molecule is CCCCCCCOc1ccc(NCc2ccccc2OCCOCC)cc1. The third-order valence-electron chi connectivity index (χ3n) is 4.52. The normalized spacial score (nSPS) is 10.6. The lowest BCUT2D eigenvalue weighted by Crippen LogP contribution is -2.09. The average molecular weight is 386 g/mol. The summed E-state index contributed by atoms with van der Waals surface area (Å²) in [6.07, 6.45) is 6.28. The molecule has 0 unspecified atom stereocenters. The summed E-state index contributed by atoms with van der Waals surface area (Å²) >= 11 is 0. The molecule has 0 amide bonds. The molecule has 4 nitrogen and oxygen atoms in total. The van der Waals surface area contributed by atoms with E-state index in [4.69, 9.17) is 14.2 Å². The van der Waals surface area contributed by atoms with Gasteiger partial charge in [0.1, 0.15) is 18.1 Å². The number of rotatable bonds is 15. The van der Waals surface area contributed by atoms with Gasteiger partial charge in [-0.2, -0.15) is 0 Å². The van der Waals surface area contributed by atoms with E-state index >= 15 is 0 Å². The van der Waals surface area contributed by atoms with Crippen LogP contribution in [0.15, 0.2) is 48.5 Å². The van der Waals surface area contributed by atoms with Gasteiger partial charge in [0.15, 0.2) is 0 Å². The van der Waals surface area contributed by atoms with Gasteiger partial charge in [-0.25, -0.2) is 0 Å². The number of nitrogens with one attached hydrogen (secondary N) is 1. The van der Waals surface area contributed by atoms with E-state index < -0.39 is 0 Å². The summed E-state index contributed by atoms with van der Waals surface area (Å²) in [7, 11) is 0. The van der Waals surface area contributed by atoms with E-state index in [1.807, 2.05) is 37.3 Å². The van der Waals surface area contributed by atoms with Crippen LogP contribution in [0.5, 0.6) is 11.5 Å². The number of ether oxygens (including phenoxy) is 3. The molecule has 0 aliphatic rings. The minimum atomic E-state index is 0.565. The minimum Gasteiger partial charge on any atom is -0.494 e. The molecule has 28 heavy (non-hydrogen) atoms. The third-order valence-corrected chi connectivity index (χ3v) is 4.52. The quantitative estimate of drug-likeness (QED) is 0.378. The first kappa shape index (κ1) is 22.1. The molecule has 1 N–H and O–H groups in total. The van der Waals surface area contributed by atoms with Crippen LogP contribution in [-0.2, 0) is 11.3 Å². The molecule has 0 saturated heterocycles. The van der Waals surface area contributed by atoms with Crippen molar-refractivity contribution in [2.45, 2.75) is 52.5 Å². The molecule has 2 aromatic rings. The Hall–Kier alpha value is -2.20. The van der Waals surface area contributed by atoms with Crippen LogP contribution in [0.4, 0.5) is 5.69 Å². The van der Waals surface area contributed by atoms with Crippen LogP contribution >= 0.6 is 0 Å². The molecule has 0 aromatic heterocycles. The number of anilines is 1. The lowest BCUT2D eigenvalue weighted by Gasteiger charge is -2.13. The van der Waals surface area contributed by atoms with Crippen molar-refractivity contribution in [1.29, 1.82) is 0 Å². The van der Waals surface area contributed by atoms with Crippen molar-refractivity contribution in [2.75, 3.05) is 31.7 Å². The van der Waals surface area contributed by atoms with Gasteiger partial charge in [-0.1, -0.05) is 50.8 Å². The molecule has 0 radical (unpaired) electrons. The molecule has 2 rings (SSSR count). The molecule has 0 atom stereocenters. The zero-order valence-electron chi connectivity index (χ0n) is 17.4. The Morgan fingerprint density at radius 1 is 0.750 bits per heavy atom. The molecule has 0 heterocycles. The maximum Gasteiger partial charge on any atom is 0.124 e. The average Bonchev–Trinajstić information content (AvgIpc) is 2.74. The van der Waals surface area contributed by atoms with E-state index in [9.17, 15) is 0 Å². The summed E-state index contributed by atoms with van der Waals surface area (Å²) < 4.78 is 17.0. The van der Waals surface area contributed by atoms with E-state index in [2.05, 4.69) is 30.4 Å². The summed E-state index contributed by atoms with van der Waals surface area (Å²) in [6, 6.07) is 16.3. The van der Waals surface area contributed by atoms with Crippen molar-refractivity contribution in [3.05, 3.63) is 54.1 Å². The van der Waals surface area contributed by atoms with Crippen molar-refractivity contribution in [3.63, 3.8) is 0 Å². The molecule has 0 spiro atoms. The lowest BCUT2D eigenvalue weighted by atomic mass is 10.2. The van der Waals surface area contributed by atoms with E-state index in [0.717, 1.165) is 35.8 Å². The van der Waals surface area contributed by atoms with Crippen molar-refractivity contribution in [2.24, 2.45) is 0 Å². The zero-order valence-corrected chi connectivity index (χ0v) is 17.4. The maximum atomic E-state index is 5.84. The van der Waals surface area contributed by atoms with Gasteiger partial charge < -0.3 is 19.5 Å². The fourth-order valence-electron chi connectivity index (χ4n) is 2.91. The predicted molar refractivity (Wildman–Crippen MR) is 116 cm³/mol. The van der Waals surface area contributed by atoms with Crippen LogP contribution in [-0.4, -0.2) is 26.4 Å². The van der Waals surface area contributed by atoms with Crippen LogP contribution in [0.2, 0.25) is 0 Å². The Morgan fingerprint density at radius 3 is 2.32 bits per heavy atom. The molecule has 0 fully saturated rings. The predicted octanol–water partition coefficient (Wildman–Crippen LogP) is 6.06. The number of para-hydroxylation sites is 1. The molecular weight excluding hydrogens is 350 g/mol. The van der Waals surface area contributed by atoms with Gasteiger partial charge in [0.25, 0.3) is 0 Å². The van der Waals surface area contributed by atoms with Crippen LogP contribution in [0.1, 0.15) is 51.5 Å². The summed E-state index contributed by atoms with van der Waals surface area (Å²) in [4.78, 5) is 0. The summed E-state index contributed by atoms with van der Waals surface area (Å²) in [6.45, 7) is 7.62. The summed E-state index contributed by atoms with van der Waals surface area (Å²) in [5, 5.41) is 3.45. The van der Waals surface area contributed by atoms with Gasteiger partial charge in [0.2, 0.25) is 0 Å². The molecule has 4 heteroatoms. The van der Waals surface area contributed by atoms with Gasteiger partial charge in [-0.15, -0.1) is 0 Å². The van der Waals surface area contributed by atoms with Gasteiger partial charge in [0, 0.05) is 24.4 Å². The minimum absolute atomic E-state index is 0.565. The largest absolute Gasteiger partial charge is 0.494 e. The Morgan fingerprint density at radius 2 is 1.54 bits per heavy atom. The zero-order chi connectivity index (χ0) is 19.9. The highest BCUT2D eigenvalue weighted by atomic mass is 16.5. The Balaban J connectivity index is 1.74. The molecule has 0 saturated carbocycles. The van der Waals surface area contributed by atoms with E-state index in [1.165, 1.54) is 25.7 Å². The summed E-state index contributed by atoms with van der Waals surface area (Å²) in [5.41, 5.74) is 2.20. The monoisotopic (exact) mass is 385 g/mol. The number of hydrogen-bond donors (Lipinski definition) is 1. The van der Waals surface area contributed by atoms with Crippen molar-refractivity contribution < 1.29 is 14.2 Å². The van der Waals surface area contributed by atoms with Crippen LogP contribution in [0, 0.1) is 0 Å². The number of hydrogen-bond acceptors (Lipinski definition) is 4. The van der Waals surface area contributed by atoms with Crippen LogP contribution in [0.25, 0.3) is 0 Å². The number of benzene rings is 2. The van der Waals surface area contributed by atoms with Gasteiger partial charge >= 0.3 is 0 Å². The lowest BCUT2D eigenvalue weighted by molar-refractivity contribution is 0.110. The first-order valence-electron chi connectivity index (χ1n) is 10.6. The second-order valence-electron chi connectivity index (χ2n) is 6.79. The first-order chi connectivity index (χ1) is 13.8. The molecule has 0 bridgehead atoms. The third kappa shape index (κ3) is 8.66. The van der Waals surface area contributed by atoms with Crippen molar-refractivity contribution >= 4 is 5.69 Å². The van der Waals surface area contributed by atoms with Crippen molar-refractivity contribution in [1.82, 2.24) is 0 Å². The number of unbranched alkanes of at least 4 members (excludes halogenated alkanes) is 4.